The zero-order valence-electron chi connectivity index (χ0n) is 17.1. The minimum absolute atomic E-state index is 0.0696. The van der Waals surface area contributed by atoms with Gasteiger partial charge in [-0.2, -0.15) is 5.10 Å². The number of carbonyl (C=O) groups is 3. The van der Waals surface area contributed by atoms with E-state index in [0.717, 1.165) is 17.3 Å². The molecule has 0 radical (unpaired) electrons. The molecule has 0 aliphatic carbocycles. The minimum atomic E-state index is -0.648. The minimum Gasteiger partial charge on any atom is -0.326 e. The van der Waals surface area contributed by atoms with Gasteiger partial charge in [0.2, 0.25) is 17.7 Å². The van der Waals surface area contributed by atoms with Gasteiger partial charge in [0, 0.05) is 19.0 Å². The Labute approximate surface area is 198 Å². The van der Waals surface area contributed by atoms with Crippen molar-refractivity contribution >= 4 is 74.9 Å². The van der Waals surface area contributed by atoms with Crippen LogP contribution in [0.5, 0.6) is 0 Å². The molecular formula is C21H19Cl2N5O3S. The largest absolute Gasteiger partial charge is 0.326 e. The van der Waals surface area contributed by atoms with E-state index < -0.39 is 5.25 Å². The second-order valence-electron chi connectivity index (χ2n) is 6.80. The van der Waals surface area contributed by atoms with Gasteiger partial charge < -0.3 is 16.0 Å². The molecule has 166 valence electrons. The highest BCUT2D eigenvalue weighted by molar-refractivity contribution is 8.15. The SMILES string of the molecule is CC(=O)Nc1cccc(/C(C)=N/N=C2\NC(=O)C(CC(=O)Nc3cccc(Cl)c3Cl)S2)c1. The summed E-state index contributed by atoms with van der Waals surface area (Å²) in [4.78, 5) is 35.8. The first-order valence-electron chi connectivity index (χ1n) is 9.44. The van der Waals surface area contributed by atoms with Gasteiger partial charge in [-0.05, 0) is 36.8 Å². The van der Waals surface area contributed by atoms with E-state index in [-0.39, 0.29) is 29.2 Å². The lowest BCUT2D eigenvalue weighted by Crippen LogP contribution is -2.28. The molecular weight excluding hydrogens is 473 g/mol. The first-order valence-corrected chi connectivity index (χ1v) is 11.1. The first-order chi connectivity index (χ1) is 15.2. The Morgan fingerprint density at radius 2 is 1.88 bits per heavy atom. The van der Waals surface area contributed by atoms with Crippen LogP contribution in [0.3, 0.4) is 0 Å². The van der Waals surface area contributed by atoms with Crippen LogP contribution in [-0.4, -0.2) is 33.9 Å². The van der Waals surface area contributed by atoms with Crippen LogP contribution in [-0.2, 0) is 14.4 Å². The summed E-state index contributed by atoms with van der Waals surface area (Å²) >= 11 is 13.1. The Morgan fingerprint density at radius 1 is 1.12 bits per heavy atom. The molecule has 1 atom stereocenters. The number of hydrogen-bond acceptors (Lipinski definition) is 6. The molecule has 1 aliphatic heterocycles. The van der Waals surface area contributed by atoms with Crippen LogP contribution < -0.4 is 16.0 Å². The molecule has 2 aromatic carbocycles. The van der Waals surface area contributed by atoms with Crippen molar-refractivity contribution in [1.29, 1.82) is 0 Å². The van der Waals surface area contributed by atoms with Gasteiger partial charge in [0.05, 0.1) is 21.4 Å². The van der Waals surface area contributed by atoms with E-state index in [1.54, 1.807) is 43.3 Å². The topological polar surface area (TPSA) is 112 Å². The van der Waals surface area contributed by atoms with Crippen molar-refractivity contribution < 1.29 is 14.4 Å². The number of amidine groups is 1. The van der Waals surface area contributed by atoms with E-state index in [4.69, 9.17) is 23.2 Å². The molecule has 0 bridgehead atoms. The summed E-state index contributed by atoms with van der Waals surface area (Å²) in [5.41, 5.74) is 2.38. The van der Waals surface area contributed by atoms with E-state index in [1.807, 2.05) is 6.07 Å². The number of rotatable bonds is 6. The molecule has 1 aliphatic rings. The maximum Gasteiger partial charge on any atom is 0.240 e. The second-order valence-corrected chi connectivity index (χ2v) is 8.78. The molecule has 2 aromatic rings. The van der Waals surface area contributed by atoms with Gasteiger partial charge in [-0.25, -0.2) is 0 Å². The third-order valence-corrected chi connectivity index (χ3v) is 6.16. The van der Waals surface area contributed by atoms with Crippen molar-refractivity contribution in [2.75, 3.05) is 10.6 Å². The summed E-state index contributed by atoms with van der Waals surface area (Å²) in [7, 11) is 0. The van der Waals surface area contributed by atoms with E-state index in [1.165, 1.54) is 6.92 Å². The van der Waals surface area contributed by atoms with Crippen LogP contribution in [0.2, 0.25) is 10.0 Å². The Morgan fingerprint density at radius 3 is 2.62 bits per heavy atom. The molecule has 1 fully saturated rings. The highest BCUT2D eigenvalue weighted by atomic mass is 35.5. The molecule has 1 unspecified atom stereocenters. The van der Waals surface area contributed by atoms with E-state index >= 15 is 0 Å². The van der Waals surface area contributed by atoms with Gasteiger partial charge in [0.15, 0.2) is 5.17 Å². The standard InChI is InChI=1S/C21H19Cl2N5O3S/c1-11(13-5-3-6-14(9-13)24-12(2)29)27-28-21-26-20(31)17(32-21)10-18(30)25-16-8-4-7-15(22)19(16)23/h3-9,17H,10H2,1-2H3,(H,24,29)(H,25,30)(H,26,28,31)/b27-11+. The van der Waals surface area contributed by atoms with Crippen LogP contribution in [0.4, 0.5) is 11.4 Å². The fourth-order valence-electron chi connectivity index (χ4n) is 2.76. The smallest absolute Gasteiger partial charge is 0.240 e. The third-order valence-electron chi connectivity index (χ3n) is 4.26. The van der Waals surface area contributed by atoms with Gasteiger partial charge >= 0.3 is 0 Å². The molecule has 0 aromatic heterocycles. The predicted molar refractivity (Wildman–Crippen MR) is 130 cm³/mol. The second kappa shape index (κ2) is 10.6. The molecule has 11 heteroatoms. The molecule has 0 saturated carbocycles. The van der Waals surface area contributed by atoms with Gasteiger partial charge in [0.1, 0.15) is 5.25 Å². The number of nitrogens with one attached hydrogen (secondary N) is 3. The van der Waals surface area contributed by atoms with Gasteiger partial charge in [-0.3, -0.25) is 14.4 Å². The van der Waals surface area contributed by atoms with Crippen LogP contribution in [0.25, 0.3) is 0 Å². The lowest BCUT2D eigenvalue weighted by atomic mass is 10.1. The van der Waals surface area contributed by atoms with Crippen LogP contribution in [0.15, 0.2) is 52.7 Å². The average Bonchev–Trinajstić information content (AvgIpc) is 3.08. The quantitative estimate of drug-likeness (QED) is 0.413. The normalized spacial score (nSPS) is 17.2. The van der Waals surface area contributed by atoms with E-state index in [2.05, 4.69) is 26.2 Å². The number of nitrogens with zero attached hydrogens (tertiary/aromatic N) is 2. The molecule has 1 heterocycles. The Balaban J connectivity index is 1.62. The monoisotopic (exact) mass is 491 g/mol. The summed E-state index contributed by atoms with van der Waals surface area (Å²) in [6.45, 7) is 3.19. The maximum absolute atomic E-state index is 12.3. The highest BCUT2D eigenvalue weighted by Crippen LogP contribution is 2.30. The molecule has 8 nitrogen and oxygen atoms in total. The van der Waals surface area contributed by atoms with Crippen molar-refractivity contribution in [2.24, 2.45) is 10.2 Å². The molecule has 32 heavy (non-hydrogen) atoms. The summed E-state index contributed by atoms with van der Waals surface area (Å²) < 4.78 is 0. The summed E-state index contributed by atoms with van der Waals surface area (Å²) in [6, 6.07) is 12.1. The summed E-state index contributed by atoms with van der Waals surface area (Å²) in [5, 5.41) is 16.4. The number of halogens is 2. The fourth-order valence-corrected chi connectivity index (χ4v) is 4.03. The number of amides is 3. The molecule has 0 spiro atoms. The Kier molecular flexibility index (Phi) is 7.89. The average molecular weight is 492 g/mol. The van der Waals surface area contributed by atoms with Crippen LogP contribution in [0.1, 0.15) is 25.8 Å². The fraction of sp³-hybridized carbons (Fsp3) is 0.190. The zero-order valence-corrected chi connectivity index (χ0v) is 19.4. The van der Waals surface area contributed by atoms with Crippen molar-refractivity contribution in [1.82, 2.24) is 5.32 Å². The number of thioether (sulfide) groups is 1. The van der Waals surface area contributed by atoms with E-state index in [0.29, 0.717) is 27.3 Å². The number of hydrogen-bond donors (Lipinski definition) is 3. The third kappa shape index (κ3) is 6.32. The number of benzene rings is 2. The van der Waals surface area contributed by atoms with Crippen LogP contribution in [0, 0.1) is 0 Å². The van der Waals surface area contributed by atoms with Crippen molar-refractivity contribution in [3.63, 3.8) is 0 Å². The number of carbonyl (C=O) groups excluding carboxylic acids is 3. The van der Waals surface area contributed by atoms with Crippen LogP contribution >= 0.6 is 35.0 Å². The molecule has 1 saturated heterocycles. The Hall–Kier alpha value is -2.88. The highest BCUT2D eigenvalue weighted by Gasteiger charge is 2.32. The first kappa shape index (κ1) is 23.8. The molecule has 3 amide bonds. The van der Waals surface area contributed by atoms with Gasteiger partial charge in [-0.15, -0.1) is 5.10 Å². The van der Waals surface area contributed by atoms with Crippen molar-refractivity contribution in [3.05, 3.63) is 58.1 Å². The Bertz CT molecular complexity index is 1140. The lowest BCUT2D eigenvalue weighted by molar-refractivity contribution is -0.122. The molecule has 3 rings (SSSR count). The van der Waals surface area contributed by atoms with Gasteiger partial charge in [0.25, 0.3) is 0 Å². The molecule has 3 N–H and O–H groups in total. The van der Waals surface area contributed by atoms with Crippen molar-refractivity contribution in [2.45, 2.75) is 25.5 Å². The zero-order chi connectivity index (χ0) is 23.3. The lowest BCUT2D eigenvalue weighted by Gasteiger charge is -2.09. The van der Waals surface area contributed by atoms with E-state index in [9.17, 15) is 14.4 Å². The maximum atomic E-state index is 12.3. The van der Waals surface area contributed by atoms with Crippen molar-refractivity contribution in [3.8, 4) is 0 Å². The van der Waals surface area contributed by atoms with Gasteiger partial charge in [-0.1, -0.05) is 53.2 Å². The predicted octanol–water partition coefficient (Wildman–Crippen LogP) is 4.29. The summed E-state index contributed by atoms with van der Waals surface area (Å²) in [5.74, 6) is -0.881. The summed E-state index contributed by atoms with van der Waals surface area (Å²) in [6.07, 6.45) is -0.0696. The number of anilines is 2.